The van der Waals surface area contributed by atoms with Crippen LogP contribution in [0.4, 0.5) is 13.2 Å². The second kappa shape index (κ2) is 5.35. The Labute approximate surface area is 103 Å². The molecule has 1 rings (SSSR count). The third kappa shape index (κ3) is 4.60. The van der Waals surface area contributed by atoms with Gasteiger partial charge in [0, 0.05) is 5.56 Å². The Morgan fingerprint density at radius 2 is 2.06 bits per heavy atom. The topological polar surface area (TPSA) is 35.2 Å². The summed E-state index contributed by atoms with van der Waals surface area (Å²) in [4.78, 5) is 0.254. The van der Waals surface area contributed by atoms with Crippen molar-refractivity contribution in [2.24, 2.45) is 5.73 Å². The van der Waals surface area contributed by atoms with Crippen LogP contribution in [0.15, 0.2) is 18.2 Å². The highest BCUT2D eigenvalue weighted by molar-refractivity contribution is 7.80. The van der Waals surface area contributed by atoms with Gasteiger partial charge < -0.3 is 10.5 Å². The summed E-state index contributed by atoms with van der Waals surface area (Å²) in [6.45, 7) is 1.38. The van der Waals surface area contributed by atoms with Gasteiger partial charge in [-0.1, -0.05) is 12.2 Å². The number of hydrogen-bond acceptors (Lipinski definition) is 2. The molecule has 2 nitrogen and oxygen atoms in total. The lowest BCUT2D eigenvalue weighted by Crippen LogP contribution is -2.14. The van der Waals surface area contributed by atoms with Crippen molar-refractivity contribution < 1.29 is 17.9 Å². The highest BCUT2D eigenvalue weighted by Crippen LogP contribution is 2.21. The number of rotatable bonds is 4. The van der Waals surface area contributed by atoms with E-state index in [9.17, 15) is 13.2 Å². The Morgan fingerprint density at radius 3 is 2.53 bits per heavy atom. The third-order valence-corrected chi connectivity index (χ3v) is 2.34. The first-order valence-corrected chi connectivity index (χ1v) is 5.30. The predicted octanol–water partition coefficient (Wildman–Crippen LogP) is 2.96. The molecule has 2 N–H and O–H groups in total. The van der Waals surface area contributed by atoms with Gasteiger partial charge in [0.1, 0.15) is 10.7 Å². The molecule has 6 heteroatoms. The molecule has 0 aliphatic heterocycles. The van der Waals surface area contributed by atoms with Crippen LogP contribution >= 0.6 is 12.2 Å². The van der Waals surface area contributed by atoms with Crippen molar-refractivity contribution in [2.75, 3.05) is 6.61 Å². The molecule has 0 amide bonds. The van der Waals surface area contributed by atoms with E-state index in [2.05, 4.69) is 0 Å². The van der Waals surface area contributed by atoms with Crippen molar-refractivity contribution in [1.29, 1.82) is 0 Å². The first-order chi connectivity index (χ1) is 7.79. The molecule has 0 fully saturated rings. The fourth-order valence-electron chi connectivity index (χ4n) is 1.29. The summed E-state index contributed by atoms with van der Waals surface area (Å²) in [5, 5.41) is 0. The van der Waals surface area contributed by atoms with Crippen LogP contribution in [0.2, 0.25) is 0 Å². The Bertz CT molecular complexity index is 418. The number of halogens is 3. The van der Waals surface area contributed by atoms with Crippen LogP contribution in [0, 0.1) is 6.92 Å². The van der Waals surface area contributed by atoms with Crippen LogP contribution in [-0.2, 0) is 0 Å². The van der Waals surface area contributed by atoms with E-state index in [4.69, 9.17) is 22.7 Å². The average Bonchev–Trinajstić information content (AvgIpc) is 2.15. The van der Waals surface area contributed by atoms with Crippen LogP contribution < -0.4 is 10.5 Å². The van der Waals surface area contributed by atoms with Crippen molar-refractivity contribution in [3.8, 4) is 5.75 Å². The fraction of sp³-hybridized carbons (Fsp3) is 0.364. The molecule has 1 aromatic rings. The monoisotopic (exact) mass is 263 g/mol. The van der Waals surface area contributed by atoms with Crippen LogP contribution in [0.25, 0.3) is 0 Å². The van der Waals surface area contributed by atoms with Gasteiger partial charge in [0.25, 0.3) is 0 Å². The first kappa shape index (κ1) is 13.8. The van der Waals surface area contributed by atoms with Gasteiger partial charge in [0.05, 0.1) is 13.0 Å². The van der Waals surface area contributed by atoms with E-state index in [-0.39, 0.29) is 4.99 Å². The zero-order valence-corrected chi connectivity index (χ0v) is 9.99. The molecule has 0 unspecified atom stereocenters. The molecule has 0 bridgehead atoms. The van der Waals surface area contributed by atoms with E-state index in [1.54, 1.807) is 25.1 Å². The largest absolute Gasteiger partial charge is 0.493 e. The van der Waals surface area contributed by atoms with Crippen LogP contribution in [-0.4, -0.2) is 17.8 Å². The minimum atomic E-state index is -4.20. The lowest BCUT2D eigenvalue weighted by Gasteiger charge is -2.10. The number of thiocarbonyl (C=S) groups is 1. The van der Waals surface area contributed by atoms with E-state index < -0.39 is 19.2 Å². The number of benzene rings is 1. The lowest BCUT2D eigenvalue weighted by atomic mass is 10.1. The number of hydrogen-bond donors (Lipinski definition) is 1. The molecule has 94 valence electrons. The number of aryl methyl sites for hydroxylation is 1. The van der Waals surface area contributed by atoms with E-state index in [0.29, 0.717) is 11.3 Å². The molecular weight excluding hydrogens is 251 g/mol. The molecule has 0 saturated carbocycles. The molecule has 0 atom stereocenters. The maximum atomic E-state index is 11.9. The van der Waals surface area contributed by atoms with E-state index in [1.165, 1.54) is 0 Å². The Hall–Kier alpha value is -1.30. The van der Waals surface area contributed by atoms with Gasteiger partial charge in [-0.25, -0.2) is 0 Å². The summed E-state index contributed by atoms with van der Waals surface area (Å²) >= 11 is 4.82. The lowest BCUT2D eigenvalue weighted by molar-refractivity contribution is -0.139. The van der Waals surface area contributed by atoms with Gasteiger partial charge in [0.15, 0.2) is 0 Å². The fourth-order valence-corrected chi connectivity index (χ4v) is 1.52. The molecule has 0 radical (unpaired) electrons. The molecular formula is C11H12F3NOS. The first-order valence-electron chi connectivity index (χ1n) is 4.89. The number of alkyl halides is 3. The Kier molecular flexibility index (Phi) is 4.34. The van der Waals surface area contributed by atoms with E-state index in [1.807, 2.05) is 0 Å². The number of nitrogens with two attached hydrogens (primary N) is 1. The minimum Gasteiger partial charge on any atom is -0.493 e. The van der Waals surface area contributed by atoms with E-state index >= 15 is 0 Å². The van der Waals surface area contributed by atoms with Gasteiger partial charge in [-0.15, -0.1) is 0 Å². The predicted molar refractivity (Wildman–Crippen MR) is 63.2 cm³/mol. The zero-order chi connectivity index (χ0) is 13.1. The molecule has 0 spiro atoms. The molecule has 0 saturated heterocycles. The van der Waals surface area contributed by atoms with Crippen molar-refractivity contribution >= 4 is 17.2 Å². The second-order valence-electron chi connectivity index (χ2n) is 3.55. The molecule has 0 aliphatic rings. The standard InChI is InChI=1S/C11H12F3NOS/c1-7-6-8(2-3-9(7)10(15)17)16-5-4-11(12,13)14/h2-3,6H,4-5H2,1H3,(H2,15,17). The van der Waals surface area contributed by atoms with E-state index in [0.717, 1.165) is 5.56 Å². The summed E-state index contributed by atoms with van der Waals surface area (Å²) in [5.74, 6) is 0.381. The van der Waals surface area contributed by atoms with Crippen LogP contribution in [0.3, 0.4) is 0 Å². The van der Waals surface area contributed by atoms with Crippen molar-refractivity contribution in [3.63, 3.8) is 0 Å². The normalized spacial score (nSPS) is 11.3. The highest BCUT2D eigenvalue weighted by Gasteiger charge is 2.26. The quantitative estimate of drug-likeness (QED) is 0.848. The average molecular weight is 263 g/mol. The van der Waals surface area contributed by atoms with Gasteiger partial charge in [0.2, 0.25) is 0 Å². The molecule has 0 heterocycles. The molecule has 17 heavy (non-hydrogen) atoms. The summed E-state index contributed by atoms with van der Waals surface area (Å²) in [6.07, 6.45) is -5.17. The zero-order valence-electron chi connectivity index (χ0n) is 9.17. The van der Waals surface area contributed by atoms with Crippen LogP contribution in [0.5, 0.6) is 5.75 Å². The summed E-state index contributed by atoms with van der Waals surface area (Å²) in [6, 6.07) is 4.81. The second-order valence-corrected chi connectivity index (χ2v) is 3.99. The Morgan fingerprint density at radius 1 is 1.41 bits per heavy atom. The number of ether oxygens (including phenoxy) is 1. The van der Waals surface area contributed by atoms with Crippen molar-refractivity contribution in [2.45, 2.75) is 19.5 Å². The molecule has 0 aliphatic carbocycles. The smallest absolute Gasteiger partial charge is 0.392 e. The summed E-state index contributed by atoms with van der Waals surface area (Å²) in [7, 11) is 0. The van der Waals surface area contributed by atoms with Crippen molar-refractivity contribution in [3.05, 3.63) is 29.3 Å². The molecule has 1 aromatic carbocycles. The van der Waals surface area contributed by atoms with Gasteiger partial charge >= 0.3 is 6.18 Å². The maximum absolute atomic E-state index is 11.9. The third-order valence-electron chi connectivity index (χ3n) is 2.12. The van der Waals surface area contributed by atoms with Crippen LogP contribution in [0.1, 0.15) is 17.5 Å². The summed E-state index contributed by atoms with van der Waals surface area (Å²) < 4.78 is 40.7. The van der Waals surface area contributed by atoms with Gasteiger partial charge in [-0.2, -0.15) is 13.2 Å². The maximum Gasteiger partial charge on any atom is 0.392 e. The summed E-state index contributed by atoms with van der Waals surface area (Å²) in [5.41, 5.74) is 6.94. The minimum absolute atomic E-state index is 0.254. The SMILES string of the molecule is Cc1cc(OCCC(F)(F)F)ccc1C(N)=S. The Balaban J connectivity index is 2.62. The van der Waals surface area contributed by atoms with Crippen molar-refractivity contribution in [1.82, 2.24) is 0 Å². The van der Waals surface area contributed by atoms with Gasteiger partial charge in [-0.3, -0.25) is 0 Å². The van der Waals surface area contributed by atoms with Gasteiger partial charge in [-0.05, 0) is 30.7 Å². The highest BCUT2D eigenvalue weighted by atomic mass is 32.1. The molecule has 0 aromatic heterocycles.